The van der Waals surface area contributed by atoms with E-state index in [0.717, 1.165) is 0 Å². The van der Waals surface area contributed by atoms with Crippen molar-refractivity contribution >= 4 is 183 Å². The second-order valence-corrected chi connectivity index (χ2v) is 28.5. The molecule has 14 aliphatic carbocycles. The number of rotatable bonds is 0. The number of allylic oxidation sites excluding steroid dienone is 6. The van der Waals surface area contributed by atoms with Crippen LogP contribution in [0.3, 0.4) is 0 Å². The van der Waals surface area contributed by atoms with Gasteiger partial charge in [0.2, 0.25) is 0 Å². The van der Waals surface area contributed by atoms with E-state index in [1.807, 2.05) is 55.7 Å². The Balaban J connectivity index is 1.22. The van der Waals surface area contributed by atoms with Crippen molar-refractivity contribution in [3.05, 3.63) is 100 Å². The maximum absolute atomic E-state index is 2.91. The van der Waals surface area contributed by atoms with Crippen molar-refractivity contribution in [3.8, 4) is 0 Å². The van der Waals surface area contributed by atoms with Crippen LogP contribution in [0.25, 0.3) is 183 Å². The number of benzene rings is 12. The van der Waals surface area contributed by atoms with E-state index in [0.29, 0.717) is 0 Å². The third-order valence-electron chi connectivity index (χ3n) is 28.5. The molecule has 0 bridgehead atoms. The Kier molecular flexibility index (Phi) is 2.13. The van der Waals surface area contributed by atoms with Gasteiger partial charge in [0.1, 0.15) is 0 Å². The van der Waals surface area contributed by atoms with E-state index in [4.69, 9.17) is 0 Å². The Morgan fingerprint density at radius 3 is 0.426 bits per heavy atom. The molecule has 0 spiro atoms. The fraction of sp³-hybridized carbons (Fsp3) is 0.235. The van der Waals surface area contributed by atoms with E-state index in [2.05, 4.69) is 55.4 Å². The topological polar surface area (TPSA) is 0 Å². The normalized spacial score (nSPS) is 38.3. The molecule has 0 fully saturated rings. The van der Waals surface area contributed by atoms with E-state index < -0.39 is 0 Å². The van der Waals surface area contributed by atoms with Gasteiger partial charge in [-0.25, -0.2) is 0 Å². The van der Waals surface area contributed by atoms with E-state index in [1.54, 1.807) is 228 Å². The second kappa shape index (κ2) is 5.43. The van der Waals surface area contributed by atoms with Crippen LogP contribution >= 0.6 is 0 Å². The third kappa shape index (κ3) is 1.25. The van der Waals surface area contributed by atoms with Crippen LogP contribution in [0.2, 0.25) is 0 Å². The van der Waals surface area contributed by atoms with Crippen molar-refractivity contribution in [2.45, 2.75) is 98.7 Å². The highest BCUT2D eigenvalue weighted by Gasteiger charge is 2.84. The average Bonchev–Trinajstić information content (AvgIpc) is 4.18. The van der Waals surface area contributed by atoms with Crippen LogP contribution in [-0.4, -0.2) is 0 Å². The first-order valence-electron chi connectivity index (χ1n) is 26.5. The molecule has 0 amide bonds. The Morgan fingerprint density at radius 1 is 0.118 bits per heavy atom. The molecule has 0 N–H and O–H groups in total. The molecule has 0 radical (unpaired) electrons. The van der Waals surface area contributed by atoms with Gasteiger partial charge in [-0.1, -0.05) is 0 Å². The first-order valence-corrected chi connectivity index (χ1v) is 26.5. The van der Waals surface area contributed by atoms with Crippen molar-refractivity contribution < 1.29 is 0 Å². The highest BCUT2D eigenvalue weighted by molar-refractivity contribution is 6.73. The molecule has 0 saturated carbocycles. The Hall–Kier alpha value is -6.76. The Morgan fingerprint density at radius 2 is 0.235 bits per heavy atom. The minimum atomic E-state index is -0.197. The van der Waals surface area contributed by atoms with Crippen LogP contribution < -0.4 is 0 Å². The van der Waals surface area contributed by atoms with Crippen LogP contribution in [0.1, 0.15) is 122 Å². The van der Waals surface area contributed by atoms with Crippen LogP contribution in [-0.2, 0) is 43.3 Å². The van der Waals surface area contributed by atoms with Crippen molar-refractivity contribution in [2.24, 2.45) is 0 Å². The molecule has 18 aromatic carbocycles. The molecular weight excluding hydrogens is 817 g/mol. The largest absolute Gasteiger partial charge is 0.0478 e. The molecule has 68 heavy (non-hydrogen) atoms. The van der Waals surface area contributed by atoms with Gasteiger partial charge < -0.3 is 0 Å². The fourth-order valence-electron chi connectivity index (χ4n) is 29.2. The van der Waals surface area contributed by atoms with Gasteiger partial charge in [-0.15, -0.1) is 0 Å². The van der Waals surface area contributed by atoms with E-state index >= 15 is 0 Å². The zero-order valence-corrected chi connectivity index (χ0v) is 38.0. The molecule has 32 rings (SSSR count). The summed E-state index contributed by atoms with van der Waals surface area (Å²) in [5.74, 6) is 0. The molecular formula is C68H24. The molecule has 0 unspecified atom stereocenters. The lowest BCUT2D eigenvalue weighted by Crippen LogP contribution is -2.53. The summed E-state index contributed by atoms with van der Waals surface area (Å²) in [6.07, 6.45) is 0. The SMILES string of the molecule is C[C@]12C3=C4[C@]5(C)C6=C7[C@@]4(C)c4c1c1c8c9c%10c%11c%12c%13c%14c%15c%16c(c5c5c%17c%18c%19c(c%20c%21c%22c(c4c1c1c9c4c(c%221)c1c%21c%19c9c%19c%18c(c5%16)c%14c%19c5c%13c%10c4c5c91)[C@@]7%20C)[C@@]6%17C)[C@]3(C)C(=C2[C@@]8%11C)[C@]%15%12C. The minimum Gasteiger partial charge on any atom is -0.0478 e. The summed E-state index contributed by atoms with van der Waals surface area (Å²) in [5, 5.41) is 58.3. The predicted molar refractivity (Wildman–Crippen MR) is 277 cm³/mol. The van der Waals surface area contributed by atoms with E-state index in [9.17, 15) is 0 Å². The van der Waals surface area contributed by atoms with Crippen LogP contribution in [0, 0.1) is 0 Å². The Labute approximate surface area is 380 Å². The van der Waals surface area contributed by atoms with Gasteiger partial charge in [-0.2, -0.15) is 0 Å². The number of hydrogen-bond acceptors (Lipinski definition) is 0. The zero-order valence-electron chi connectivity index (χ0n) is 38.0. The highest BCUT2D eigenvalue weighted by atomic mass is 14.9. The van der Waals surface area contributed by atoms with Gasteiger partial charge in [-0.05, 0) is 339 Å². The molecule has 14 aliphatic rings. The third-order valence-corrected chi connectivity index (χ3v) is 28.5. The summed E-state index contributed by atoms with van der Waals surface area (Å²) in [6, 6.07) is 0. The lowest BCUT2D eigenvalue weighted by molar-refractivity contribution is 0.416. The van der Waals surface area contributed by atoms with Crippen molar-refractivity contribution in [2.75, 3.05) is 0 Å². The summed E-state index contributed by atoms with van der Waals surface area (Å²) in [4.78, 5) is 0. The van der Waals surface area contributed by atoms with Gasteiger partial charge in [0.05, 0.1) is 0 Å². The second-order valence-electron chi connectivity index (χ2n) is 28.5. The lowest BCUT2D eigenvalue weighted by Gasteiger charge is -2.58. The summed E-state index contributed by atoms with van der Waals surface area (Å²) < 4.78 is 0. The summed E-state index contributed by atoms with van der Waals surface area (Å²) in [7, 11) is 0. The standard InChI is InChI=1S/C68H24/c1-61-43-31-21-15-11-9-10-13-16(15)22-19(21)29-39(43)51-52-40(29)45-33(22)37-27(13)28-14(10)18-17-12(9)26-25(11)35(31)47(61)48-36(26)32-23(17)20-24(18)34-38(28)50-49(37)63(45,3)57-58-64(50,4)46(34)42-30(20)41-44(32)62(48,2)56-55(61)65(51,5)59-60(67(52,57)7)68(58,8)54(42)53(41)66(56,59)6/h1-8H3/t61-,62+,63+,64-,65-,66+,67+,68-. The number of hydrogen-bond donors (Lipinski definition) is 0. The van der Waals surface area contributed by atoms with Gasteiger partial charge >= 0.3 is 0 Å². The molecule has 0 heteroatoms. The molecule has 0 aliphatic heterocycles. The van der Waals surface area contributed by atoms with Gasteiger partial charge in [0.25, 0.3) is 0 Å². The average molecular weight is 841 g/mol. The minimum absolute atomic E-state index is 0.196. The molecule has 18 aromatic rings. The maximum atomic E-state index is 2.91. The highest BCUT2D eigenvalue weighted by Crippen LogP contribution is 2.94. The molecule has 0 aromatic heterocycles. The molecule has 296 valence electrons. The van der Waals surface area contributed by atoms with Crippen LogP contribution in [0.5, 0.6) is 0 Å². The zero-order chi connectivity index (χ0) is 42.0. The smallest absolute Gasteiger partial charge is 0.0420 e. The van der Waals surface area contributed by atoms with E-state index in [-0.39, 0.29) is 43.3 Å². The van der Waals surface area contributed by atoms with Crippen molar-refractivity contribution in [3.63, 3.8) is 0 Å². The lowest BCUT2D eigenvalue weighted by atomic mass is 9.43. The van der Waals surface area contributed by atoms with Crippen LogP contribution in [0.4, 0.5) is 0 Å². The molecule has 0 saturated heterocycles. The van der Waals surface area contributed by atoms with Crippen molar-refractivity contribution in [1.82, 2.24) is 0 Å². The Bertz CT molecular complexity index is 5780. The summed E-state index contributed by atoms with van der Waals surface area (Å²) in [5.41, 5.74) is 31.2. The first kappa shape index (κ1) is 26.7. The quantitative estimate of drug-likeness (QED) is 0.105. The van der Waals surface area contributed by atoms with E-state index in [1.165, 1.54) is 0 Å². The first-order chi connectivity index (χ1) is 32.9. The summed E-state index contributed by atoms with van der Waals surface area (Å²) in [6.45, 7) is 23.1. The molecule has 0 nitrogen and oxygen atoms in total. The maximum Gasteiger partial charge on any atom is 0.0420 e. The summed E-state index contributed by atoms with van der Waals surface area (Å²) >= 11 is 0. The van der Waals surface area contributed by atoms with Crippen molar-refractivity contribution in [1.29, 1.82) is 0 Å². The monoisotopic (exact) mass is 840 g/mol. The van der Waals surface area contributed by atoms with Crippen LogP contribution in [0.15, 0.2) is 33.4 Å². The van der Waals surface area contributed by atoms with Gasteiger partial charge in [-0.3, -0.25) is 0 Å². The molecule has 8 atom stereocenters. The van der Waals surface area contributed by atoms with Gasteiger partial charge in [0.15, 0.2) is 0 Å². The molecule has 0 heterocycles. The fourth-order valence-corrected chi connectivity index (χ4v) is 29.2. The van der Waals surface area contributed by atoms with Gasteiger partial charge in [0, 0.05) is 43.3 Å². The predicted octanol–water partition coefficient (Wildman–Crippen LogP) is 15.9.